The highest BCUT2D eigenvalue weighted by Gasteiger charge is 2.20. The van der Waals surface area contributed by atoms with Gasteiger partial charge in [-0.05, 0) is 35.1 Å². The van der Waals surface area contributed by atoms with Gasteiger partial charge in [0.2, 0.25) is 0 Å². The second-order valence-electron chi connectivity index (χ2n) is 3.65. The van der Waals surface area contributed by atoms with E-state index in [2.05, 4.69) is 27.9 Å². The van der Waals surface area contributed by atoms with Gasteiger partial charge in [-0.2, -0.15) is 0 Å². The SMILES string of the molecule is CCCCC(NC(=O)c1csc(I)c1)C(=O)O. The van der Waals surface area contributed by atoms with E-state index in [1.165, 1.54) is 11.3 Å². The first-order valence-electron chi connectivity index (χ1n) is 5.32. The fraction of sp³-hybridized carbons (Fsp3) is 0.455. The summed E-state index contributed by atoms with van der Waals surface area (Å²) in [6, 6.07) is 0.958. The molecule has 0 aliphatic carbocycles. The van der Waals surface area contributed by atoms with Crippen molar-refractivity contribution in [2.75, 3.05) is 0 Å². The molecule has 0 saturated carbocycles. The number of thiophene rings is 1. The lowest BCUT2D eigenvalue weighted by Crippen LogP contribution is -2.40. The number of amides is 1. The van der Waals surface area contributed by atoms with Crippen molar-refractivity contribution in [2.24, 2.45) is 0 Å². The molecular formula is C11H14INO3S. The minimum atomic E-state index is -0.975. The molecule has 4 nitrogen and oxygen atoms in total. The maximum absolute atomic E-state index is 11.8. The Morgan fingerprint density at radius 3 is 2.76 bits per heavy atom. The van der Waals surface area contributed by atoms with Gasteiger partial charge in [0.15, 0.2) is 0 Å². The van der Waals surface area contributed by atoms with Gasteiger partial charge < -0.3 is 10.4 Å². The van der Waals surface area contributed by atoms with Gasteiger partial charge in [0.05, 0.1) is 8.45 Å². The summed E-state index contributed by atoms with van der Waals surface area (Å²) in [7, 11) is 0. The molecule has 6 heteroatoms. The van der Waals surface area contributed by atoms with Crippen molar-refractivity contribution in [3.05, 3.63) is 19.9 Å². The van der Waals surface area contributed by atoms with Crippen molar-refractivity contribution < 1.29 is 14.7 Å². The molecule has 1 unspecified atom stereocenters. The van der Waals surface area contributed by atoms with Crippen molar-refractivity contribution in [2.45, 2.75) is 32.2 Å². The Balaban J connectivity index is 2.60. The number of hydrogen-bond acceptors (Lipinski definition) is 3. The van der Waals surface area contributed by atoms with Crippen molar-refractivity contribution in [3.63, 3.8) is 0 Å². The summed E-state index contributed by atoms with van der Waals surface area (Å²) in [5.74, 6) is -1.29. The van der Waals surface area contributed by atoms with Crippen LogP contribution in [0.15, 0.2) is 11.4 Å². The number of rotatable bonds is 6. The van der Waals surface area contributed by atoms with E-state index < -0.39 is 12.0 Å². The van der Waals surface area contributed by atoms with Crippen molar-refractivity contribution in [3.8, 4) is 0 Å². The van der Waals surface area contributed by atoms with Crippen LogP contribution in [0.3, 0.4) is 0 Å². The summed E-state index contributed by atoms with van der Waals surface area (Å²) in [5, 5.41) is 13.3. The molecule has 0 fully saturated rings. The Kier molecular flexibility index (Phi) is 5.90. The lowest BCUT2D eigenvalue weighted by atomic mass is 10.1. The van der Waals surface area contributed by atoms with Crippen molar-refractivity contribution in [1.29, 1.82) is 0 Å². The van der Waals surface area contributed by atoms with E-state index in [1.807, 2.05) is 6.92 Å². The lowest BCUT2D eigenvalue weighted by molar-refractivity contribution is -0.139. The van der Waals surface area contributed by atoms with E-state index in [9.17, 15) is 9.59 Å². The average molecular weight is 367 g/mol. The zero-order valence-corrected chi connectivity index (χ0v) is 12.4. The largest absolute Gasteiger partial charge is 0.480 e. The summed E-state index contributed by atoms with van der Waals surface area (Å²) < 4.78 is 1.01. The number of unbranched alkanes of at least 4 members (excludes halogenated alkanes) is 1. The smallest absolute Gasteiger partial charge is 0.326 e. The lowest BCUT2D eigenvalue weighted by Gasteiger charge is -2.13. The Morgan fingerprint density at radius 1 is 1.59 bits per heavy atom. The van der Waals surface area contributed by atoms with Crippen LogP contribution >= 0.6 is 33.9 Å². The second-order valence-corrected chi connectivity index (χ2v) is 6.45. The van der Waals surface area contributed by atoms with Crippen LogP contribution in [-0.2, 0) is 4.79 Å². The third-order valence-electron chi connectivity index (χ3n) is 2.28. The molecule has 17 heavy (non-hydrogen) atoms. The minimum Gasteiger partial charge on any atom is -0.480 e. The normalized spacial score (nSPS) is 12.1. The van der Waals surface area contributed by atoms with Gasteiger partial charge in [-0.15, -0.1) is 11.3 Å². The molecule has 1 aromatic heterocycles. The van der Waals surface area contributed by atoms with Crippen LogP contribution < -0.4 is 5.32 Å². The molecular weight excluding hydrogens is 353 g/mol. The summed E-state index contributed by atoms with van der Waals surface area (Å²) in [6.07, 6.45) is 2.17. The molecule has 1 amide bonds. The highest BCUT2D eigenvalue weighted by atomic mass is 127. The molecule has 2 N–H and O–H groups in total. The van der Waals surface area contributed by atoms with E-state index in [1.54, 1.807) is 11.4 Å². The van der Waals surface area contributed by atoms with Gasteiger partial charge in [-0.3, -0.25) is 4.79 Å². The van der Waals surface area contributed by atoms with Crippen LogP contribution in [0.25, 0.3) is 0 Å². The summed E-state index contributed by atoms with van der Waals surface area (Å²) >= 11 is 3.59. The predicted octanol–water partition coefficient (Wildman–Crippen LogP) is 2.73. The number of carbonyl (C=O) groups is 2. The van der Waals surface area contributed by atoms with Gasteiger partial charge >= 0.3 is 5.97 Å². The Morgan fingerprint density at radius 2 is 2.29 bits per heavy atom. The molecule has 0 aliphatic heterocycles. The predicted molar refractivity (Wildman–Crippen MR) is 75.5 cm³/mol. The number of hydrogen-bond donors (Lipinski definition) is 2. The first kappa shape index (κ1) is 14.4. The Hall–Kier alpha value is -0.630. The summed E-state index contributed by atoms with van der Waals surface area (Å²) in [4.78, 5) is 22.7. The third kappa shape index (κ3) is 4.63. The van der Waals surface area contributed by atoms with E-state index in [0.717, 1.165) is 15.7 Å². The first-order chi connectivity index (χ1) is 8.04. The Labute approximate surface area is 118 Å². The fourth-order valence-electron chi connectivity index (χ4n) is 1.34. The van der Waals surface area contributed by atoms with Crippen molar-refractivity contribution in [1.82, 2.24) is 5.32 Å². The molecule has 0 aliphatic rings. The summed E-state index contributed by atoms with van der Waals surface area (Å²) in [6.45, 7) is 1.99. The topological polar surface area (TPSA) is 66.4 Å². The van der Waals surface area contributed by atoms with E-state index in [0.29, 0.717) is 12.0 Å². The number of halogens is 1. The van der Waals surface area contributed by atoms with E-state index in [-0.39, 0.29) is 5.91 Å². The molecule has 1 atom stereocenters. The zero-order chi connectivity index (χ0) is 12.8. The molecule has 1 rings (SSSR count). The molecule has 0 radical (unpaired) electrons. The number of carboxylic acid groups (broad SMARTS) is 1. The molecule has 0 aromatic carbocycles. The average Bonchev–Trinajstić information content (AvgIpc) is 2.70. The van der Waals surface area contributed by atoms with Gasteiger partial charge in [-0.25, -0.2) is 4.79 Å². The second kappa shape index (κ2) is 6.95. The zero-order valence-electron chi connectivity index (χ0n) is 9.40. The fourth-order valence-corrected chi connectivity index (χ4v) is 2.66. The standard InChI is InChI=1S/C11H14INO3S/c1-2-3-4-8(11(15)16)13-10(14)7-5-9(12)17-6-7/h5-6,8H,2-4H2,1H3,(H,13,14)(H,15,16). The van der Waals surface area contributed by atoms with Gasteiger partial charge in [-0.1, -0.05) is 19.8 Å². The molecule has 0 spiro atoms. The van der Waals surface area contributed by atoms with Crippen LogP contribution in [-0.4, -0.2) is 23.0 Å². The Bertz CT molecular complexity index is 405. The number of carbonyl (C=O) groups excluding carboxylic acids is 1. The molecule has 0 saturated heterocycles. The molecule has 94 valence electrons. The van der Waals surface area contributed by atoms with Gasteiger partial charge in [0.25, 0.3) is 5.91 Å². The maximum Gasteiger partial charge on any atom is 0.326 e. The van der Waals surface area contributed by atoms with E-state index in [4.69, 9.17) is 5.11 Å². The molecule has 0 bridgehead atoms. The molecule has 1 heterocycles. The van der Waals surface area contributed by atoms with E-state index >= 15 is 0 Å². The third-order valence-corrected chi connectivity index (χ3v) is 4.07. The monoisotopic (exact) mass is 367 g/mol. The minimum absolute atomic E-state index is 0.312. The van der Waals surface area contributed by atoms with Gasteiger partial charge in [0.1, 0.15) is 6.04 Å². The van der Waals surface area contributed by atoms with Crippen LogP contribution in [0.1, 0.15) is 36.5 Å². The van der Waals surface area contributed by atoms with Crippen LogP contribution in [0, 0.1) is 2.88 Å². The van der Waals surface area contributed by atoms with Crippen LogP contribution in [0.4, 0.5) is 0 Å². The van der Waals surface area contributed by atoms with Crippen LogP contribution in [0.2, 0.25) is 0 Å². The highest BCUT2D eigenvalue weighted by molar-refractivity contribution is 14.1. The first-order valence-corrected chi connectivity index (χ1v) is 7.28. The number of carboxylic acids is 1. The van der Waals surface area contributed by atoms with Crippen LogP contribution in [0.5, 0.6) is 0 Å². The highest BCUT2D eigenvalue weighted by Crippen LogP contribution is 2.16. The quantitative estimate of drug-likeness (QED) is 0.760. The van der Waals surface area contributed by atoms with Gasteiger partial charge in [0, 0.05) is 5.38 Å². The number of nitrogens with one attached hydrogen (secondary N) is 1. The maximum atomic E-state index is 11.8. The number of aliphatic carboxylic acids is 1. The molecule has 1 aromatic rings. The summed E-state index contributed by atoms with van der Waals surface area (Å²) in [5.41, 5.74) is 0.530. The van der Waals surface area contributed by atoms with Crippen molar-refractivity contribution >= 4 is 45.8 Å².